The monoisotopic (exact) mass is 242 g/mol. The van der Waals surface area contributed by atoms with Crippen LogP contribution in [-0.4, -0.2) is 12.6 Å². The number of ether oxygens (including phenoxy) is 1. The van der Waals surface area contributed by atoms with Crippen LogP contribution in [0.15, 0.2) is 28.7 Å². The van der Waals surface area contributed by atoms with Gasteiger partial charge in [0.25, 0.3) is 0 Å². The average molecular weight is 243 g/mol. The molecule has 0 atom stereocenters. The van der Waals surface area contributed by atoms with Gasteiger partial charge in [-0.15, -0.1) is 0 Å². The molecule has 0 spiro atoms. The fraction of sp³-hybridized carbons (Fsp3) is 0.300. The highest BCUT2D eigenvalue weighted by Crippen LogP contribution is 2.11. The van der Waals surface area contributed by atoms with Crippen LogP contribution in [0.1, 0.15) is 12.5 Å². The molecule has 0 fully saturated rings. The molecule has 0 aromatic heterocycles. The van der Waals surface area contributed by atoms with Crippen LogP contribution in [0.4, 0.5) is 0 Å². The zero-order valence-corrected chi connectivity index (χ0v) is 9.00. The van der Waals surface area contributed by atoms with Gasteiger partial charge in [0, 0.05) is 17.8 Å². The Balaban J connectivity index is 2.41. The molecule has 0 bridgehead atoms. The second-order valence-electron chi connectivity index (χ2n) is 2.72. The molecule has 0 N–H and O–H groups in total. The Labute approximate surface area is 86.0 Å². The molecule has 3 heteroatoms. The minimum absolute atomic E-state index is 0.227. The molecule has 0 aliphatic rings. The molecule has 13 heavy (non-hydrogen) atoms. The van der Waals surface area contributed by atoms with E-state index in [4.69, 9.17) is 4.74 Å². The van der Waals surface area contributed by atoms with E-state index in [1.165, 1.54) is 6.92 Å². The Hall–Kier alpha value is -0.830. The molecule has 0 aliphatic heterocycles. The highest BCUT2D eigenvalue weighted by Gasteiger charge is 1.96. The van der Waals surface area contributed by atoms with Crippen molar-refractivity contribution in [2.45, 2.75) is 13.3 Å². The summed E-state index contributed by atoms with van der Waals surface area (Å²) in [5, 5.41) is 0. The maximum absolute atomic E-state index is 10.5. The first kappa shape index (κ1) is 10.3. The number of halogens is 1. The van der Waals surface area contributed by atoms with E-state index in [1.54, 1.807) is 0 Å². The summed E-state index contributed by atoms with van der Waals surface area (Å²) in [5.41, 5.74) is 1.16. The number of carbonyl (C=O) groups is 1. The lowest BCUT2D eigenvalue weighted by atomic mass is 10.2. The SMILES string of the molecule is CC(=O)OCCc1cccc(Br)c1. The quantitative estimate of drug-likeness (QED) is 0.762. The molecule has 1 aromatic carbocycles. The molecule has 0 radical (unpaired) electrons. The minimum Gasteiger partial charge on any atom is -0.466 e. The van der Waals surface area contributed by atoms with Crippen molar-refractivity contribution in [1.82, 2.24) is 0 Å². The zero-order chi connectivity index (χ0) is 9.68. The summed E-state index contributed by atoms with van der Waals surface area (Å²) in [7, 11) is 0. The molecule has 0 amide bonds. The standard InChI is InChI=1S/C10H11BrO2/c1-8(12)13-6-5-9-3-2-4-10(11)7-9/h2-4,7H,5-6H2,1H3. The summed E-state index contributed by atoms with van der Waals surface area (Å²) in [6, 6.07) is 7.96. The fourth-order valence-electron chi connectivity index (χ4n) is 1.01. The van der Waals surface area contributed by atoms with Gasteiger partial charge in [-0.3, -0.25) is 4.79 Å². The maximum Gasteiger partial charge on any atom is 0.302 e. The lowest BCUT2D eigenvalue weighted by molar-refractivity contribution is -0.140. The molecule has 2 nitrogen and oxygen atoms in total. The van der Waals surface area contributed by atoms with E-state index in [-0.39, 0.29) is 5.97 Å². The predicted molar refractivity (Wildman–Crippen MR) is 54.5 cm³/mol. The molecular weight excluding hydrogens is 232 g/mol. The maximum atomic E-state index is 10.5. The van der Waals surface area contributed by atoms with E-state index in [2.05, 4.69) is 15.9 Å². The number of hydrogen-bond donors (Lipinski definition) is 0. The molecule has 0 saturated carbocycles. The van der Waals surface area contributed by atoms with Gasteiger partial charge in [0.05, 0.1) is 6.61 Å². The summed E-state index contributed by atoms with van der Waals surface area (Å²) in [6.45, 7) is 1.87. The summed E-state index contributed by atoms with van der Waals surface area (Å²) in [6.07, 6.45) is 0.763. The van der Waals surface area contributed by atoms with Gasteiger partial charge in [-0.2, -0.15) is 0 Å². The summed E-state index contributed by atoms with van der Waals surface area (Å²) in [4.78, 5) is 10.5. The summed E-state index contributed by atoms with van der Waals surface area (Å²) in [5.74, 6) is -0.227. The smallest absolute Gasteiger partial charge is 0.302 e. The Morgan fingerprint density at radius 2 is 2.31 bits per heavy atom. The van der Waals surface area contributed by atoms with Gasteiger partial charge >= 0.3 is 5.97 Å². The highest BCUT2D eigenvalue weighted by atomic mass is 79.9. The number of hydrogen-bond acceptors (Lipinski definition) is 2. The van der Waals surface area contributed by atoms with Gasteiger partial charge in [0.2, 0.25) is 0 Å². The van der Waals surface area contributed by atoms with Crippen molar-refractivity contribution < 1.29 is 9.53 Å². The highest BCUT2D eigenvalue weighted by molar-refractivity contribution is 9.10. The molecule has 0 unspecified atom stereocenters. The van der Waals surface area contributed by atoms with Crippen molar-refractivity contribution in [2.24, 2.45) is 0 Å². The number of benzene rings is 1. The summed E-state index contributed by atoms with van der Waals surface area (Å²) < 4.78 is 5.88. The van der Waals surface area contributed by atoms with Crippen molar-refractivity contribution in [3.05, 3.63) is 34.3 Å². The van der Waals surface area contributed by atoms with E-state index in [0.717, 1.165) is 16.5 Å². The van der Waals surface area contributed by atoms with Gasteiger partial charge < -0.3 is 4.74 Å². The lowest BCUT2D eigenvalue weighted by Crippen LogP contribution is -2.02. The van der Waals surface area contributed by atoms with Crippen molar-refractivity contribution in [3.8, 4) is 0 Å². The number of rotatable bonds is 3. The van der Waals surface area contributed by atoms with E-state index in [9.17, 15) is 4.79 Å². The van der Waals surface area contributed by atoms with Crippen LogP contribution < -0.4 is 0 Å². The normalized spacial score (nSPS) is 9.69. The Morgan fingerprint density at radius 3 is 2.92 bits per heavy atom. The second-order valence-corrected chi connectivity index (χ2v) is 3.64. The second kappa shape index (κ2) is 5.02. The van der Waals surface area contributed by atoms with Crippen molar-refractivity contribution in [2.75, 3.05) is 6.61 Å². The Kier molecular flexibility index (Phi) is 3.96. The van der Waals surface area contributed by atoms with E-state index in [1.807, 2.05) is 24.3 Å². The predicted octanol–water partition coefficient (Wildman–Crippen LogP) is 2.55. The molecule has 1 rings (SSSR count). The molecule has 0 heterocycles. The van der Waals surface area contributed by atoms with E-state index < -0.39 is 0 Å². The van der Waals surface area contributed by atoms with E-state index >= 15 is 0 Å². The first-order valence-corrected chi connectivity index (χ1v) is 4.85. The van der Waals surface area contributed by atoms with Crippen LogP contribution in [0, 0.1) is 0 Å². The van der Waals surface area contributed by atoms with Crippen LogP contribution in [0.25, 0.3) is 0 Å². The van der Waals surface area contributed by atoms with E-state index in [0.29, 0.717) is 6.61 Å². The largest absolute Gasteiger partial charge is 0.466 e. The van der Waals surface area contributed by atoms with Crippen LogP contribution in [0.5, 0.6) is 0 Å². The average Bonchev–Trinajstić information content (AvgIpc) is 2.03. The van der Waals surface area contributed by atoms with Gasteiger partial charge in [-0.05, 0) is 17.7 Å². The van der Waals surface area contributed by atoms with Gasteiger partial charge in [-0.1, -0.05) is 28.1 Å². The third kappa shape index (κ3) is 4.08. The Morgan fingerprint density at radius 1 is 1.54 bits per heavy atom. The lowest BCUT2D eigenvalue weighted by Gasteiger charge is -2.02. The van der Waals surface area contributed by atoms with Crippen LogP contribution in [0.3, 0.4) is 0 Å². The topological polar surface area (TPSA) is 26.3 Å². The minimum atomic E-state index is -0.227. The van der Waals surface area contributed by atoms with Crippen molar-refractivity contribution in [3.63, 3.8) is 0 Å². The first-order chi connectivity index (χ1) is 6.18. The van der Waals surface area contributed by atoms with Gasteiger partial charge in [0.15, 0.2) is 0 Å². The molecular formula is C10H11BrO2. The molecule has 0 saturated heterocycles. The fourth-order valence-corrected chi connectivity index (χ4v) is 1.45. The van der Waals surface area contributed by atoms with Crippen molar-refractivity contribution >= 4 is 21.9 Å². The van der Waals surface area contributed by atoms with Crippen LogP contribution in [-0.2, 0) is 16.0 Å². The third-order valence-corrected chi connectivity index (χ3v) is 2.08. The van der Waals surface area contributed by atoms with Crippen LogP contribution >= 0.6 is 15.9 Å². The third-order valence-electron chi connectivity index (χ3n) is 1.59. The number of esters is 1. The summed E-state index contributed by atoms with van der Waals surface area (Å²) >= 11 is 3.38. The number of carbonyl (C=O) groups excluding carboxylic acids is 1. The van der Waals surface area contributed by atoms with Gasteiger partial charge in [-0.25, -0.2) is 0 Å². The first-order valence-electron chi connectivity index (χ1n) is 4.06. The Bertz CT molecular complexity index is 297. The van der Waals surface area contributed by atoms with Crippen LogP contribution in [0.2, 0.25) is 0 Å². The molecule has 70 valence electrons. The van der Waals surface area contributed by atoms with Crippen molar-refractivity contribution in [1.29, 1.82) is 0 Å². The molecule has 0 aliphatic carbocycles. The van der Waals surface area contributed by atoms with Gasteiger partial charge in [0.1, 0.15) is 0 Å². The zero-order valence-electron chi connectivity index (χ0n) is 7.42. The molecule has 1 aromatic rings.